The monoisotopic (exact) mass is 326 g/mol. The molecule has 0 bridgehead atoms. The molecule has 5 nitrogen and oxygen atoms in total. The lowest BCUT2D eigenvalue weighted by Gasteiger charge is -2.22. The average molecular weight is 326 g/mol. The van der Waals surface area contributed by atoms with Crippen LogP contribution in [0.15, 0.2) is 24.3 Å². The SMILES string of the molecule is CCCCCNC(=O)CCN(c1ccc(C)cc1)S(C)(=O)=O. The van der Waals surface area contributed by atoms with Crippen LogP contribution in [0.4, 0.5) is 5.69 Å². The zero-order valence-corrected chi connectivity index (χ0v) is 14.4. The Kier molecular flexibility index (Phi) is 7.38. The van der Waals surface area contributed by atoms with Crippen LogP contribution in [0.3, 0.4) is 0 Å². The Hall–Kier alpha value is -1.56. The first-order valence-corrected chi connectivity index (χ1v) is 9.50. The zero-order valence-electron chi connectivity index (χ0n) is 13.6. The predicted molar refractivity (Wildman–Crippen MR) is 90.5 cm³/mol. The van der Waals surface area contributed by atoms with Gasteiger partial charge in [0.25, 0.3) is 0 Å². The molecule has 0 spiro atoms. The molecule has 0 aliphatic heterocycles. The van der Waals surface area contributed by atoms with Gasteiger partial charge >= 0.3 is 0 Å². The van der Waals surface area contributed by atoms with Gasteiger partial charge in [0.2, 0.25) is 15.9 Å². The maximum atomic E-state index is 11.9. The van der Waals surface area contributed by atoms with Crippen LogP contribution in [0.1, 0.15) is 38.2 Å². The maximum Gasteiger partial charge on any atom is 0.232 e. The van der Waals surface area contributed by atoms with E-state index in [1.165, 1.54) is 4.31 Å². The van der Waals surface area contributed by atoms with Gasteiger partial charge in [0, 0.05) is 19.5 Å². The molecule has 0 saturated carbocycles. The number of nitrogens with one attached hydrogen (secondary N) is 1. The summed E-state index contributed by atoms with van der Waals surface area (Å²) in [7, 11) is -3.40. The average Bonchev–Trinajstić information content (AvgIpc) is 2.44. The van der Waals surface area contributed by atoms with Crippen LogP contribution >= 0.6 is 0 Å². The van der Waals surface area contributed by atoms with Crippen molar-refractivity contribution in [2.75, 3.05) is 23.7 Å². The maximum absolute atomic E-state index is 11.9. The molecule has 6 heteroatoms. The molecule has 0 aliphatic rings. The van der Waals surface area contributed by atoms with E-state index in [9.17, 15) is 13.2 Å². The number of hydrogen-bond acceptors (Lipinski definition) is 3. The number of benzene rings is 1. The van der Waals surface area contributed by atoms with Crippen molar-refractivity contribution in [2.45, 2.75) is 39.5 Å². The van der Waals surface area contributed by atoms with E-state index in [2.05, 4.69) is 12.2 Å². The Morgan fingerprint density at radius 2 is 1.82 bits per heavy atom. The number of unbranched alkanes of at least 4 members (excludes halogenated alkanes) is 2. The lowest BCUT2D eigenvalue weighted by molar-refractivity contribution is -0.120. The first-order chi connectivity index (χ1) is 10.3. The Morgan fingerprint density at radius 1 is 1.18 bits per heavy atom. The van der Waals surface area contributed by atoms with Crippen molar-refractivity contribution in [1.82, 2.24) is 5.32 Å². The van der Waals surface area contributed by atoms with Gasteiger partial charge in [-0.05, 0) is 25.5 Å². The first-order valence-electron chi connectivity index (χ1n) is 7.65. The van der Waals surface area contributed by atoms with E-state index in [1.54, 1.807) is 12.1 Å². The normalized spacial score (nSPS) is 11.2. The highest BCUT2D eigenvalue weighted by molar-refractivity contribution is 7.92. The lowest BCUT2D eigenvalue weighted by Crippen LogP contribution is -2.34. The summed E-state index contributed by atoms with van der Waals surface area (Å²) in [6, 6.07) is 7.24. The molecule has 0 fully saturated rings. The molecule has 0 radical (unpaired) electrons. The second-order valence-corrected chi connectivity index (χ2v) is 7.38. The highest BCUT2D eigenvalue weighted by Crippen LogP contribution is 2.18. The highest BCUT2D eigenvalue weighted by Gasteiger charge is 2.18. The van der Waals surface area contributed by atoms with Gasteiger partial charge < -0.3 is 5.32 Å². The number of hydrogen-bond donors (Lipinski definition) is 1. The molecule has 1 aromatic rings. The summed E-state index contributed by atoms with van der Waals surface area (Å²) in [4.78, 5) is 11.8. The number of aryl methyl sites for hydroxylation is 1. The molecule has 0 heterocycles. The van der Waals surface area contributed by atoms with E-state index in [-0.39, 0.29) is 18.9 Å². The number of anilines is 1. The molecule has 22 heavy (non-hydrogen) atoms. The van der Waals surface area contributed by atoms with Crippen LogP contribution in [0, 0.1) is 6.92 Å². The smallest absolute Gasteiger partial charge is 0.232 e. The summed E-state index contributed by atoms with van der Waals surface area (Å²) in [6.45, 7) is 4.85. The third kappa shape index (κ3) is 6.47. The first kappa shape index (κ1) is 18.5. The molecular weight excluding hydrogens is 300 g/mol. The van der Waals surface area contributed by atoms with Gasteiger partial charge in [-0.2, -0.15) is 0 Å². The summed E-state index contributed by atoms with van der Waals surface area (Å²) in [5.41, 5.74) is 1.65. The molecule has 1 aromatic carbocycles. The van der Waals surface area contributed by atoms with E-state index in [1.807, 2.05) is 19.1 Å². The summed E-state index contributed by atoms with van der Waals surface area (Å²) in [5, 5.41) is 2.82. The van der Waals surface area contributed by atoms with E-state index < -0.39 is 10.0 Å². The Balaban J connectivity index is 2.60. The van der Waals surface area contributed by atoms with Crippen LogP contribution in [0.5, 0.6) is 0 Å². The molecule has 0 saturated heterocycles. The number of amides is 1. The van der Waals surface area contributed by atoms with Crippen LogP contribution in [-0.2, 0) is 14.8 Å². The van der Waals surface area contributed by atoms with E-state index in [0.29, 0.717) is 12.2 Å². The van der Waals surface area contributed by atoms with Crippen molar-refractivity contribution in [3.05, 3.63) is 29.8 Å². The molecule has 0 aromatic heterocycles. The van der Waals surface area contributed by atoms with Crippen LogP contribution in [0.25, 0.3) is 0 Å². The molecule has 0 atom stereocenters. The molecule has 0 unspecified atom stereocenters. The quantitative estimate of drug-likeness (QED) is 0.709. The molecule has 124 valence electrons. The number of rotatable bonds is 9. The minimum absolute atomic E-state index is 0.114. The summed E-state index contributed by atoms with van der Waals surface area (Å²) >= 11 is 0. The fraction of sp³-hybridized carbons (Fsp3) is 0.562. The van der Waals surface area contributed by atoms with Crippen molar-refractivity contribution >= 4 is 21.6 Å². The second-order valence-electron chi connectivity index (χ2n) is 5.48. The summed E-state index contributed by atoms with van der Waals surface area (Å²) in [5.74, 6) is -0.114. The number of sulfonamides is 1. The Labute approximate surface area is 133 Å². The zero-order chi connectivity index (χ0) is 16.6. The minimum atomic E-state index is -3.40. The second kappa shape index (κ2) is 8.78. The van der Waals surface area contributed by atoms with E-state index in [4.69, 9.17) is 0 Å². The third-order valence-electron chi connectivity index (χ3n) is 3.37. The van der Waals surface area contributed by atoms with Gasteiger partial charge in [-0.15, -0.1) is 0 Å². The van der Waals surface area contributed by atoms with Gasteiger partial charge in [-0.25, -0.2) is 8.42 Å². The van der Waals surface area contributed by atoms with Gasteiger partial charge in [0.15, 0.2) is 0 Å². The fourth-order valence-corrected chi connectivity index (χ4v) is 3.02. The highest BCUT2D eigenvalue weighted by atomic mass is 32.2. The molecule has 1 rings (SSSR count). The summed E-state index contributed by atoms with van der Waals surface area (Å²) < 4.78 is 25.1. The number of carbonyl (C=O) groups excluding carboxylic acids is 1. The lowest BCUT2D eigenvalue weighted by atomic mass is 10.2. The Morgan fingerprint density at radius 3 is 2.36 bits per heavy atom. The molecule has 1 amide bonds. The predicted octanol–water partition coefficient (Wildman–Crippen LogP) is 2.46. The standard InChI is InChI=1S/C16H26N2O3S/c1-4-5-6-12-17-16(19)11-13-18(22(3,20)21)15-9-7-14(2)8-10-15/h7-10H,4-6,11-13H2,1-3H3,(H,17,19). The topological polar surface area (TPSA) is 66.5 Å². The van der Waals surface area contributed by atoms with Gasteiger partial charge in [-0.3, -0.25) is 9.10 Å². The Bertz CT molecular complexity index is 568. The van der Waals surface area contributed by atoms with Crippen molar-refractivity contribution < 1.29 is 13.2 Å². The van der Waals surface area contributed by atoms with Crippen LogP contribution in [-0.4, -0.2) is 33.7 Å². The van der Waals surface area contributed by atoms with E-state index in [0.717, 1.165) is 31.1 Å². The van der Waals surface area contributed by atoms with Crippen molar-refractivity contribution in [2.24, 2.45) is 0 Å². The van der Waals surface area contributed by atoms with Crippen molar-refractivity contribution in [3.8, 4) is 0 Å². The van der Waals surface area contributed by atoms with Gasteiger partial charge in [0.05, 0.1) is 11.9 Å². The van der Waals surface area contributed by atoms with Gasteiger partial charge in [0.1, 0.15) is 0 Å². The van der Waals surface area contributed by atoms with Crippen LogP contribution in [0.2, 0.25) is 0 Å². The van der Waals surface area contributed by atoms with Crippen molar-refractivity contribution in [3.63, 3.8) is 0 Å². The minimum Gasteiger partial charge on any atom is -0.356 e. The molecular formula is C16H26N2O3S. The molecule has 1 N–H and O–H groups in total. The van der Waals surface area contributed by atoms with Crippen LogP contribution < -0.4 is 9.62 Å². The van der Waals surface area contributed by atoms with Crippen molar-refractivity contribution in [1.29, 1.82) is 0 Å². The molecule has 0 aliphatic carbocycles. The fourth-order valence-electron chi connectivity index (χ4n) is 2.09. The summed E-state index contributed by atoms with van der Waals surface area (Å²) in [6.07, 6.45) is 4.46. The van der Waals surface area contributed by atoms with Gasteiger partial charge in [-0.1, -0.05) is 37.5 Å². The third-order valence-corrected chi connectivity index (χ3v) is 4.56. The van der Waals surface area contributed by atoms with E-state index >= 15 is 0 Å². The number of nitrogens with zero attached hydrogens (tertiary/aromatic N) is 1. The number of carbonyl (C=O) groups is 1. The largest absolute Gasteiger partial charge is 0.356 e.